The topological polar surface area (TPSA) is 119 Å². The molecule has 7 heteroatoms. The summed E-state index contributed by atoms with van der Waals surface area (Å²) in [5, 5.41) is 0. The summed E-state index contributed by atoms with van der Waals surface area (Å²) in [6.07, 6.45) is 0. The fourth-order valence-corrected chi connectivity index (χ4v) is 0.769. The van der Waals surface area contributed by atoms with Gasteiger partial charge in [0.05, 0.1) is 0 Å². The van der Waals surface area contributed by atoms with Crippen molar-refractivity contribution in [3.63, 3.8) is 0 Å². The van der Waals surface area contributed by atoms with Crippen molar-refractivity contribution in [1.29, 1.82) is 0 Å². The van der Waals surface area contributed by atoms with E-state index >= 15 is 0 Å². The number of phosphoric ester groups is 1. The average Bonchev–Trinajstić information content (AvgIpc) is 1.14. The highest BCUT2D eigenvalue weighted by Gasteiger charge is 2.24. The van der Waals surface area contributed by atoms with Crippen LogP contribution in [0.1, 0.15) is 6.92 Å². The van der Waals surface area contributed by atoms with Crippen molar-refractivity contribution in [2.24, 2.45) is 11.5 Å². The van der Waals surface area contributed by atoms with Gasteiger partial charge in [0.1, 0.15) is 0 Å². The Morgan fingerprint density at radius 2 is 1.89 bits per heavy atom. The number of hydrogen-bond donors (Lipinski definition) is 4. The first kappa shape index (κ1) is 9.03. The second kappa shape index (κ2) is 2.34. The Bertz CT molecular complexity index is 134. The van der Waals surface area contributed by atoms with Gasteiger partial charge in [0.15, 0.2) is 5.85 Å². The molecule has 0 bridgehead atoms. The molecule has 0 amide bonds. The summed E-state index contributed by atoms with van der Waals surface area (Å²) in [7, 11) is -4.54. The van der Waals surface area contributed by atoms with Gasteiger partial charge in [0.2, 0.25) is 0 Å². The maximum absolute atomic E-state index is 9.96. The molecule has 0 radical (unpaired) electrons. The molecule has 0 aliphatic heterocycles. The number of hydrogen-bond acceptors (Lipinski definition) is 4. The van der Waals surface area contributed by atoms with Crippen LogP contribution in [0.4, 0.5) is 0 Å². The van der Waals surface area contributed by atoms with E-state index in [1.165, 1.54) is 0 Å². The highest BCUT2D eigenvalue weighted by molar-refractivity contribution is 7.46. The smallest absolute Gasteiger partial charge is 0.303 e. The number of rotatable bonds is 2. The van der Waals surface area contributed by atoms with E-state index in [9.17, 15) is 4.57 Å². The summed E-state index contributed by atoms with van der Waals surface area (Å²) in [6, 6.07) is 0. The van der Waals surface area contributed by atoms with E-state index in [2.05, 4.69) is 4.52 Å². The van der Waals surface area contributed by atoms with Gasteiger partial charge in [-0.2, -0.15) is 0 Å². The van der Waals surface area contributed by atoms with E-state index in [1.807, 2.05) is 0 Å². The van der Waals surface area contributed by atoms with E-state index in [0.717, 1.165) is 6.92 Å². The summed E-state index contributed by atoms with van der Waals surface area (Å²) in [5.41, 5.74) is 9.77. The maximum atomic E-state index is 9.96. The fourth-order valence-electron chi connectivity index (χ4n) is 0.256. The third-order valence-electron chi connectivity index (χ3n) is 0.316. The monoisotopic (exact) mass is 156 g/mol. The van der Waals surface area contributed by atoms with Crippen LogP contribution in [0, 0.1) is 0 Å². The van der Waals surface area contributed by atoms with Gasteiger partial charge in [-0.1, -0.05) is 0 Å². The predicted molar refractivity (Wildman–Crippen MR) is 29.9 cm³/mol. The Balaban J connectivity index is 3.90. The molecule has 0 spiro atoms. The quantitative estimate of drug-likeness (QED) is 0.291. The second-order valence-electron chi connectivity index (χ2n) is 1.77. The fraction of sp³-hybridized carbons (Fsp3) is 1.00. The van der Waals surface area contributed by atoms with Gasteiger partial charge in [-0.05, 0) is 6.92 Å². The first-order valence-electron chi connectivity index (χ1n) is 2.05. The summed E-state index contributed by atoms with van der Waals surface area (Å²) in [5.74, 6) is -1.78. The summed E-state index contributed by atoms with van der Waals surface area (Å²) in [4.78, 5) is 16.2. The van der Waals surface area contributed by atoms with E-state index < -0.39 is 13.7 Å². The zero-order valence-electron chi connectivity index (χ0n) is 4.81. The van der Waals surface area contributed by atoms with Gasteiger partial charge < -0.3 is 9.79 Å². The van der Waals surface area contributed by atoms with Crippen molar-refractivity contribution < 1.29 is 18.9 Å². The minimum absolute atomic E-state index is 1.13. The Labute approximate surface area is 52.0 Å². The van der Waals surface area contributed by atoms with Crippen LogP contribution in [0.3, 0.4) is 0 Å². The van der Waals surface area contributed by atoms with Crippen molar-refractivity contribution in [2.75, 3.05) is 0 Å². The van der Waals surface area contributed by atoms with Gasteiger partial charge in [-0.15, -0.1) is 0 Å². The number of nitrogens with two attached hydrogens (primary N) is 2. The molecule has 0 aromatic heterocycles. The van der Waals surface area contributed by atoms with Crippen LogP contribution in [0.2, 0.25) is 0 Å². The molecule has 0 aliphatic rings. The lowest BCUT2D eigenvalue weighted by Crippen LogP contribution is -2.47. The molecule has 0 aromatic rings. The van der Waals surface area contributed by atoms with Crippen molar-refractivity contribution in [3.8, 4) is 0 Å². The highest BCUT2D eigenvalue weighted by atomic mass is 31.2. The Morgan fingerprint density at radius 3 is 1.89 bits per heavy atom. The average molecular weight is 156 g/mol. The van der Waals surface area contributed by atoms with Crippen LogP contribution >= 0.6 is 7.82 Å². The van der Waals surface area contributed by atoms with Gasteiger partial charge >= 0.3 is 7.82 Å². The van der Waals surface area contributed by atoms with Crippen LogP contribution in [-0.4, -0.2) is 15.6 Å². The maximum Gasteiger partial charge on any atom is 0.472 e. The molecule has 56 valence electrons. The van der Waals surface area contributed by atoms with Crippen LogP contribution in [0.15, 0.2) is 0 Å². The number of phosphoric acid groups is 1. The SMILES string of the molecule is CC(N)(N)OP(=O)(O)O. The molecule has 9 heavy (non-hydrogen) atoms. The first-order valence-corrected chi connectivity index (χ1v) is 3.58. The zero-order valence-corrected chi connectivity index (χ0v) is 5.71. The Kier molecular flexibility index (Phi) is 2.35. The molecule has 0 fully saturated rings. The summed E-state index contributed by atoms with van der Waals surface area (Å²) >= 11 is 0. The normalized spacial score (nSPS) is 13.9. The molecular formula is C2H9N2O4P. The third-order valence-corrected chi connectivity index (χ3v) is 0.947. The lowest BCUT2D eigenvalue weighted by atomic mass is 10.6. The van der Waals surface area contributed by atoms with Crippen LogP contribution < -0.4 is 11.5 Å². The standard InChI is InChI=1S/C2H9N2O4P/c1-2(3,4)8-9(5,6)7/h3-4H2,1H3,(H2,5,6,7). The molecule has 0 saturated carbocycles. The summed E-state index contributed by atoms with van der Waals surface area (Å²) < 4.78 is 13.8. The van der Waals surface area contributed by atoms with E-state index in [0.29, 0.717) is 0 Å². The minimum Gasteiger partial charge on any atom is -0.303 e. The Morgan fingerprint density at radius 1 is 1.56 bits per heavy atom. The lowest BCUT2D eigenvalue weighted by Gasteiger charge is -2.18. The van der Waals surface area contributed by atoms with Crippen molar-refractivity contribution >= 4 is 7.82 Å². The summed E-state index contributed by atoms with van der Waals surface area (Å²) in [6.45, 7) is 1.13. The molecule has 0 atom stereocenters. The molecule has 6 N–H and O–H groups in total. The van der Waals surface area contributed by atoms with Crippen molar-refractivity contribution in [1.82, 2.24) is 0 Å². The molecule has 0 rings (SSSR count). The zero-order chi connectivity index (χ0) is 7.71. The predicted octanol–water partition coefficient (Wildman–Crippen LogP) is -1.31. The van der Waals surface area contributed by atoms with Gasteiger partial charge in [0, 0.05) is 0 Å². The minimum atomic E-state index is -4.54. The van der Waals surface area contributed by atoms with Gasteiger partial charge in [-0.25, -0.2) is 4.57 Å². The molecule has 0 heterocycles. The first-order chi connectivity index (χ1) is 3.71. The van der Waals surface area contributed by atoms with Gasteiger partial charge in [0.25, 0.3) is 0 Å². The van der Waals surface area contributed by atoms with E-state index in [1.54, 1.807) is 0 Å². The van der Waals surface area contributed by atoms with Crippen molar-refractivity contribution in [3.05, 3.63) is 0 Å². The van der Waals surface area contributed by atoms with Gasteiger partial charge in [-0.3, -0.25) is 16.0 Å². The Hall–Kier alpha value is 0.0300. The highest BCUT2D eigenvalue weighted by Crippen LogP contribution is 2.37. The second-order valence-corrected chi connectivity index (χ2v) is 2.93. The van der Waals surface area contributed by atoms with Crippen LogP contribution in [-0.2, 0) is 9.09 Å². The van der Waals surface area contributed by atoms with Crippen LogP contribution in [0.5, 0.6) is 0 Å². The molecule has 6 nitrogen and oxygen atoms in total. The molecule has 0 aliphatic carbocycles. The van der Waals surface area contributed by atoms with E-state index in [-0.39, 0.29) is 0 Å². The van der Waals surface area contributed by atoms with E-state index in [4.69, 9.17) is 21.3 Å². The third kappa shape index (κ3) is 8.03. The molecular weight excluding hydrogens is 147 g/mol. The molecule has 0 aromatic carbocycles. The molecule has 0 unspecified atom stereocenters. The lowest BCUT2D eigenvalue weighted by molar-refractivity contribution is 0.0607. The largest absolute Gasteiger partial charge is 0.472 e. The molecule has 0 saturated heterocycles. The van der Waals surface area contributed by atoms with Crippen LogP contribution in [0.25, 0.3) is 0 Å². The van der Waals surface area contributed by atoms with Crippen molar-refractivity contribution in [2.45, 2.75) is 12.8 Å².